The molecule has 3 heterocycles. The van der Waals surface area contributed by atoms with Gasteiger partial charge in [-0.1, -0.05) is 48.5 Å². The van der Waals surface area contributed by atoms with E-state index in [0.29, 0.717) is 16.8 Å². The molecule has 0 amide bonds. The molecule has 6 aromatic carbocycles. The molecule has 0 aliphatic carbocycles. The van der Waals surface area contributed by atoms with Crippen molar-refractivity contribution < 1.29 is 0 Å². The summed E-state index contributed by atoms with van der Waals surface area (Å²) in [4.78, 5) is 3.82. The third-order valence-electron chi connectivity index (χ3n) is 8.76. The first-order valence-corrected chi connectivity index (χ1v) is 15.2. The van der Waals surface area contributed by atoms with Crippen molar-refractivity contribution in [3.8, 4) is 23.5 Å². The van der Waals surface area contributed by atoms with E-state index in [4.69, 9.17) is 6.57 Å². The van der Waals surface area contributed by atoms with E-state index < -0.39 is 0 Å². The molecule has 5 nitrogen and oxygen atoms in total. The van der Waals surface area contributed by atoms with E-state index in [1.807, 2.05) is 48.5 Å². The van der Waals surface area contributed by atoms with Gasteiger partial charge in [0.15, 0.2) is 0 Å². The average molecular weight is 590 g/mol. The Bertz CT molecular complexity index is 2790. The van der Waals surface area contributed by atoms with Crippen LogP contribution in [0, 0.1) is 29.2 Å². The molecule has 0 bridgehead atoms. The molecule has 45 heavy (non-hydrogen) atoms. The van der Waals surface area contributed by atoms with Crippen molar-refractivity contribution in [3.63, 3.8) is 0 Å². The number of nitrogens with zero attached hydrogens (tertiary/aromatic N) is 5. The summed E-state index contributed by atoms with van der Waals surface area (Å²) >= 11 is 1.67. The Hall–Kier alpha value is -6.39. The minimum absolute atomic E-state index is 0.580. The monoisotopic (exact) mass is 589 g/mol. The zero-order valence-corrected chi connectivity index (χ0v) is 24.4. The van der Waals surface area contributed by atoms with E-state index in [-0.39, 0.29) is 0 Å². The Balaban J connectivity index is 1.39. The molecule has 9 aromatic rings. The number of para-hydroxylation sites is 1. The van der Waals surface area contributed by atoms with E-state index in [1.54, 1.807) is 11.3 Å². The van der Waals surface area contributed by atoms with Crippen LogP contribution in [-0.2, 0) is 0 Å². The number of fused-ring (bicyclic) bond motifs is 10. The Labute approximate surface area is 261 Å². The van der Waals surface area contributed by atoms with Crippen LogP contribution in [0.25, 0.3) is 80.0 Å². The van der Waals surface area contributed by atoms with Gasteiger partial charge >= 0.3 is 0 Å². The highest BCUT2D eigenvalue weighted by molar-refractivity contribution is 7.26. The van der Waals surface area contributed by atoms with Crippen LogP contribution in [0.2, 0.25) is 0 Å². The fourth-order valence-electron chi connectivity index (χ4n) is 6.89. The summed E-state index contributed by atoms with van der Waals surface area (Å²) in [6.45, 7) is 7.77. The first-order valence-electron chi connectivity index (χ1n) is 14.4. The van der Waals surface area contributed by atoms with E-state index >= 15 is 0 Å². The lowest BCUT2D eigenvalue weighted by atomic mass is 10.1. The number of hydrogen-bond acceptors (Lipinski definition) is 3. The molecule has 6 heteroatoms. The van der Waals surface area contributed by atoms with Crippen molar-refractivity contribution in [1.29, 1.82) is 10.5 Å². The van der Waals surface area contributed by atoms with Crippen molar-refractivity contribution in [2.45, 2.75) is 0 Å². The standard InChI is InChI=1S/C39H19N5S/c1-42-32-10-5-9-29-37-36(45-39(29)32)17-14-28-27-8-2-3-11-33(27)44(38(28)37)26-7-4-6-25(20-26)43-34-15-12-23(21-40)18-30(34)31-19-24(22-41)13-16-35(31)43/h2-20H. The zero-order chi connectivity index (χ0) is 30.2. The minimum atomic E-state index is 0.580. The first-order chi connectivity index (χ1) is 22.2. The third-order valence-corrected chi connectivity index (χ3v) is 9.96. The first kappa shape index (κ1) is 25.1. The molecule has 0 unspecified atom stereocenters. The Kier molecular flexibility index (Phi) is 5.20. The van der Waals surface area contributed by atoms with Gasteiger partial charge in [0.05, 0.1) is 51.9 Å². The molecule has 0 aliphatic rings. The summed E-state index contributed by atoms with van der Waals surface area (Å²) in [7, 11) is 0. The summed E-state index contributed by atoms with van der Waals surface area (Å²) in [5.74, 6) is 0. The molecular weight excluding hydrogens is 571 g/mol. The van der Waals surface area contributed by atoms with Gasteiger partial charge in [-0.3, -0.25) is 0 Å². The molecule has 0 saturated carbocycles. The maximum atomic E-state index is 9.64. The lowest BCUT2D eigenvalue weighted by molar-refractivity contribution is 1.14. The van der Waals surface area contributed by atoms with Crippen molar-refractivity contribution in [2.75, 3.05) is 0 Å². The molecule has 3 aromatic heterocycles. The fourth-order valence-corrected chi connectivity index (χ4v) is 8.05. The number of aromatic nitrogens is 2. The summed E-state index contributed by atoms with van der Waals surface area (Å²) in [5.41, 5.74) is 8.00. The molecule has 0 atom stereocenters. The maximum Gasteiger partial charge on any atom is 0.204 e. The SMILES string of the molecule is [C-]#[N+]c1cccc2c1sc1ccc3c4ccccc4n(-c4cccc(-n5c6ccc(C#N)cc6c6cc(C#N)ccc65)c4)c3c12. The zero-order valence-electron chi connectivity index (χ0n) is 23.6. The van der Waals surface area contributed by atoms with E-state index in [0.717, 1.165) is 64.4 Å². The summed E-state index contributed by atoms with van der Waals surface area (Å²) in [6.07, 6.45) is 0. The van der Waals surface area contributed by atoms with Gasteiger partial charge in [0.1, 0.15) is 0 Å². The Morgan fingerprint density at radius 2 is 1.22 bits per heavy atom. The van der Waals surface area contributed by atoms with Crippen LogP contribution >= 0.6 is 11.3 Å². The van der Waals surface area contributed by atoms with E-state index in [9.17, 15) is 10.5 Å². The molecule has 9 rings (SSSR count). The van der Waals surface area contributed by atoms with E-state index in [2.05, 4.69) is 92.8 Å². The van der Waals surface area contributed by atoms with Crippen molar-refractivity contribution >= 4 is 80.8 Å². The Morgan fingerprint density at radius 3 is 1.93 bits per heavy atom. The molecule has 0 radical (unpaired) electrons. The summed E-state index contributed by atoms with van der Waals surface area (Å²) in [6, 6.07) is 43.4. The van der Waals surface area contributed by atoms with Crippen LogP contribution in [0.1, 0.15) is 11.1 Å². The van der Waals surface area contributed by atoms with Gasteiger partial charge in [0.25, 0.3) is 0 Å². The van der Waals surface area contributed by atoms with Crippen LogP contribution in [0.15, 0.2) is 115 Å². The third kappa shape index (κ3) is 3.45. The average Bonchev–Trinajstić information content (AvgIpc) is 3.75. The number of rotatable bonds is 2. The van der Waals surface area contributed by atoms with E-state index in [1.165, 1.54) is 10.8 Å². The molecule has 0 N–H and O–H groups in total. The smallest absolute Gasteiger partial charge is 0.204 e. The largest absolute Gasteiger partial charge is 0.309 e. The second kappa shape index (κ2) is 9.30. The van der Waals surface area contributed by atoms with Crippen LogP contribution < -0.4 is 0 Å². The highest BCUT2D eigenvalue weighted by Gasteiger charge is 2.20. The quantitative estimate of drug-likeness (QED) is 0.188. The minimum Gasteiger partial charge on any atom is -0.309 e. The van der Waals surface area contributed by atoms with Gasteiger partial charge in [0, 0.05) is 47.7 Å². The second-order valence-corrected chi connectivity index (χ2v) is 12.2. The second-order valence-electron chi connectivity index (χ2n) is 11.1. The molecule has 206 valence electrons. The van der Waals surface area contributed by atoms with Gasteiger partial charge in [-0.2, -0.15) is 10.5 Å². The fraction of sp³-hybridized carbons (Fsp3) is 0. The van der Waals surface area contributed by atoms with Gasteiger partial charge in [-0.25, -0.2) is 4.85 Å². The van der Waals surface area contributed by atoms with Crippen molar-refractivity contribution in [1.82, 2.24) is 9.13 Å². The number of thiophene rings is 1. The predicted octanol–water partition coefficient (Wildman–Crippen LogP) is 10.5. The van der Waals surface area contributed by atoms with Crippen LogP contribution in [0.3, 0.4) is 0 Å². The number of hydrogen-bond donors (Lipinski definition) is 0. The molecular formula is C39H19N5S. The van der Waals surface area contributed by atoms with Gasteiger partial charge < -0.3 is 9.13 Å². The summed E-state index contributed by atoms with van der Waals surface area (Å²) < 4.78 is 6.72. The lowest BCUT2D eigenvalue weighted by Crippen LogP contribution is -1.99. The van der Waals surface area contributed by atoms with Crippen molar-refractivity contribution in [3.05, 3.63) is 138 Å². The van der Waals surface area contributed by atoms with Crippen LogP contribution in [0.5, 0.6) is 0 Å². The normalized spacial score (nSPS) is 11.5. The highest BCUT2D eigenvalue weighted by Crippen LogP contribution is 2.45. The highest BCUT2D eigenvalue weighted by atomic mass is 32.1. The molecule has 0 spiro atoms. The number of benzene rings is 6. The Morgan fingerprint density at radius 1 is 0.578 bits per heavy atom. The van der Waals surface area contributed by atoms with Gasteiger partial charge in [0.2, 0.25) is 5.69 Å². The summed E-state index contributed by atoms with van der Waals surface area (Å²) in [5, 5.41) is 25.7. The molecule has 0 fully saturated rings. The van der Waals surface area contributed by atoms with Crippen LogP contribution in [0.4, 0.5) is 5.69 Å². The van der Waals surface area contributed by atoms with Gasteiger partial charge in [-0.15, -0.1) is 11.3 Å². The van der Waals surface area contributed by atoms with Gasteiger partial charge in [-0.05, 0) is 72.1 Å². The van der Waals surface area contributed by atoms with Crippen molar-refractivity contribution in [2.24, 2.45) is 0 Å². The van der Waals surface area contributed by atoms with Crippen LogP contribution in [-0.4, -0.2) is 9.13 Å². The number of nitriles is 2. The topological polar surface area (TPSA) is 61.8 Å². The predicted molar refractivity (Wildman–Crippen MR) is 184 cm³/mol. The molecule has 0 saturated heterocycles. The maximum absolute atomic E-state index is 9.64. The molecule has 0 aliphatic heterocycles. The lowest BCUT2D eigenvalue weighted by Gasteiger charge is -2.13.